The highest BCUT2D eigenvalue weighted by molar-refractivity contribution is 5.84. The molecule has 18 heavy (non-hydrogen) atoms. The Morgan fingerprint density at radius 1 is 1.33 bits per heavy atom. The lowest BCUT2D eigenvalue weighted by Gasteiger charge is -2.02. The second-order valence-corrected chi connectivity index (χ2v) is 4.83. The molecule has 2 nitrogen and oxygen atoms in total. The monoisotopic (exact) mass is 246 g/mol. The van der Waals surface area contributed by atoms with Crippen LogP contribution in [0.2, 0.25) is 0 Å². The van der Waals surface area contributed by atoms with Gasteiger partial charge in [0.1, 0.15) is 5.82 Å². The van der Waals surface area contributed by atoms with Gasteiger partial charge in [-0.1, -0.05) is 11.6 Å². The van der Waals surface area contributed by atoms with E-state index in [1.54, 1.807) is 6.07 Å². The van der Waals surface area contributed by atoms with E-state index >= 15 is 0 Å². The van der Waals surface area contributed by atoms with Gasteiger partial charge in [-0.05, 0) is 56.5 Å². The van der Waals surface area contributed by atoms with Crippen LogP contribution in [-0.4, -0.2) is 11.5 Å². The molecule has 96 valence electrons. The van der Waals surface area contributed by atoms with Crippen molar-refractivity contribution in [1.82, 2.24) is 4.98 Å². The largest absolute Gasteiger partial charge is 0.361 e. The molecular weight excluding hydrogens is 227 g/mol. The van der Waals surface area contributed by atoms with Gasteiger partial charge >= 0.3 is 0 Å². The summed E-state index contributed by atoms with van der Waals surface area (Å²) >= 11 is 0. The van der Waals surface area contributed by atoms with Gasteiger partial charge in [0, 0.05) is 17.1 Å². The Kier molecular flexibility index (Phi) is 3.82. The fourth-order valence-electron chi connectivity index (χ4n) is 2.08. The van der Waals surface area contributed by atoms with Crippen LogP contribution in [0.25, 0.3) is 10.9 Å². The number of aromatic nitrogens is 1. The van der Waals surface area contributed by atoms with Crippen molar-refractivity contribution >= 4 is 10.9 Å². The van der Waals surface area contributed by atoms with Crippen molar-refractivity contribution < 1.29 is 4.39 Å². The number of allylic oxidation sites excluding steroid dienone is 2. The number of aromatic amines is 1. The first-order chi connectivity index (χ1) is 8.61. The average molecular weight is 246 g/mol. The third-order valence-corrected chi connectivity index (χ3v) is 3.08. The van der Waals surface area contributed by atoms with E-state index in [9.17, 15) is 4.39 Å². The van der Waals surface area contributed by atoms with Gasteiger partial charge in [0.25, 0.3) is 0 Å². The molecule has 3 heteroatoms. The molecule has 0 aliphatic heterocycles. The molecule has 1 aromatic heterocycles. The van der Waals surface area contributed by atoms with Crippen molar-refractivity contribution in [3.63, 3.8) is 0 Å². The minimum absolute atomic E-state index is 0.141. The van der Waals surface area contributed by atoms with Crippen LogP contribution in [0.15, 0.2) is 30.0 Å². The highest BCUT2D eigenvalue weighted by Crippen LogP contribution is 2.23. The maximum absolute atomic E-state index is 14.0. The smallest absolute Gasteiger partial charge is 0.127 e. The summed E-state index contributed by atoms with van der Waals surface area (Å²) < 4.78 is 14.0. The number of hydrogen-bond acceptors (Lipinski definition) is 1. The fourth-order valence-corrected chi connectivity index (χ4v) is 2.08. The van der Waals surface area contributed by atoms with Crippen LogP contribution in [-0.2, 0) is 12.8 Å². The lowest BCUT2D eigenvalue weighted by Crippen LogP contribution is -2.02. The Labute approximate surface area is 107 Å². The van der Waals surface area contributed by atoms with E-state index in [-0.39, 0.29) is 5.82 Å². The van der Waals surface area contributed by atoms with Crippen molar-refractivity contribution in [1.29, 1.82) is 0 Å². The number of hydrogen-bond donors (Lipinski definition) is 2. The number of fused-ring (bicyclic) bond motifs is 1. The van der Waals surface area contributed by atoms with E-state index in [1.165, 1.54) is 5.57 Å². The van der Waals surface area contributed by atoms with E-state index in [2.05, 4.69) is 4.98 Å². The van der Waals surface area contributed by atoms with Crippen LogP contribution < -0.4 is 5.73 Å². The van der Waals surface area contributed by atoms with Crippen molar-refractivity contribution in [2.24, 2.45) is 5.73 Å². The van der Waals surface area contributed by atoms with Crippen molar-refractivity contribution in [2.45, 2.75) is 26.7 Å². The first-order valence-corrected chi connectivity index (χ1v) is 6.23. The molecular formula is C15H19FN2. The predicted molar refractivity (Wildman–Crippen MR) is 74.2 cm³/mol. The fraction of sp³-hybridized carbons (Fsp3) is 0.333. The summed E-state index contributed by atoms with van der Waals surface area (Å²) in [6, 6.07) is 3.51. The van der Waals surface area contributed by atoms with Crippen molar-refractivity contribution in [2.75, 3.05) is 6.54 Å². The number of nitrogens with one attached hydrogen (secondary N) is 1. The number of H-pyrrole nitrogens is 1. The van der Waals surface area contributed by atoms with Gasteiger partial charge in [-0.15, -0.1) is 0 Å². The Balaban J connectivity index is 2.41. The van der Waals surface area contributed by atoms with Gasteiger partial charge in [-0.3, -0.25) is 0 Å². The highest BCUT2D eigenvalue weighted by Gasteiger charge is 2.08. The molecule has 0 bridgehead atoms. The maximum atomic E-state index is 14.0. The quantitative estimate of drug-likeness (QED) is 0.798. The molecule has 0 fully saturated rings. The lowest BCUT2D eigenvalue weighted by molar-refractivity contribution is 0.616. The summed E-state index contributed by atoms with van der Waals surface area (Å²) in [5.41, 5.74) is 9.54. The standard InChI is InChI=1S/C15H19FN2/c1-10(2)3-4-11-7-15-13(8-14(11)16)12(5-6-17)9-18-15/h3,7-9,18H,4-6,17H2,1-2H3. The van der Waals surface area contributed by atoms with E-state index in [4.69, 9.17) is 5.73 Å². The predicted octanol–water partition coefficient (Wildman–Crippen LogP) is 3.32. The summed E-state index contributed by atoms with van der Waals surface area (Å²) in [5.74, 6) is -0.141. The minimum atomic E-state index is -0.141. The molecule has 2 aromatic rings. The lowest BCUT2D eigenvalue weighted by atomic mass is 10.0. The number of rotatable bonds is 4. The zero-order chi connectivity index (χ0) is 13.1. The summed E-state index contributed by atoms with van der Waals surface area (Å²) in [6.45, 7) is 4.61. The average Bonchev–Trinajstić information content (AvgIpc) is 2.69. The summed E-state index contributed by atoms with van der Waals surface area (Å²) in [5, 5.41) is 0.943. The van der Waals surface area contributed by atoms with Gasteiger partial charge < -0.3 is 10.7 Å². The molecule has 0 amide bonds. The van der Waals surface area contributed by atoms with Crippen LogP contribution in [0.1, 0.15) is 25.0 Å². The number of nitrogens with two attached hydrogens (primary N) is 1. The van der Waals surface area contributed by atoms with Crippen LogP contribution in [0.4, 0.5) is 4.39 Å². The van der Waals surface area contributed by atoms with Crippen LogP contribution >= 0.6 is 0 Å². The molecule has 0 aliphatic carbocycles. The molecule has 0 atom stereocenters. The van der Waals surface area contributed by atoms with Crippen LogP contribution in [0.5, 0.6) is 0 Å². The maximum Gasteiger partial charge on any atom is 0.127 e. The third-order valence-electron chi connectivity index (χ3n) is 3.08. The van der Waals surface area contributed by atoms with Crippen molar-refractivity contribution in [3.05, 3.63) is 46.9 Å². The minimum Gasteiger partial charge on any atom is -0.361 e. The first-order valence-electron chi connectivity index (χ1n) is 6.23. The van der Waals surface area contributed by atoms with Gasteiger partial charge in [-0.25, -0.2) is 4.39 Å². The highest BCUT2D eigenvalue weighted by atomic mass is 19.1. The zero-order valence-electron chi connectivity index (χ0n) is 10.9. The normalized spacial score (nSPS) is 10.9. The SMILES string of the molecule is CC(C)=CCc1cc2[nH]cc(CCN)c2cc1F. The van der Waals surface area contributed by atoms with Gasteiger partial charge in [0.15, 0.2) is 0 Å². The molecule has 3 N–H and O–H groups in total. The Morgan fingerprint density at radius 2 is 2.11 bits per heavy atom. The zero-order valence-corrected chi connectivity index (χ0v) is 10.9. The van der Waals surface area contributed by atoms with Crippen LogP contribution in [0.3, 0.4) is 0 Å². The second-order valence-electron chi connectivity index (χ2n) is 4.83. The second kappa shape index (κ2) is 5.36. The first kappa shape index (κ1) is 12.8. The summed E-state index contributed by atoms with van der Waals surface area (Å²) in [4.78, 5) is 3.19. The molecule has 0 unspecified atom stereocenters. The Morgan fingerprint density at radius 3 is 2.78 bits per heavy atom. The molecule has 0 saturated carbocycles. The summed E-state index contributed by atoms with van der Waals surface area (Å²) in [7, 11) is 0. The topological polar surface area (TPSA) is 41.8 Å². The van der Waals surface area contributed by atoms with Crippen LogP contribution in [0, 0.1) is 5.82 Å². The molecule has 0 saturated heterocycles. The molecule has 1 heterocycles. The molecule has 2 rings (SSSR count). The van der Waals surface area contributed by atoms with Gasteiger partial charge in [0.05, 0.1) is 0 Å². The van der Waals surface area contributed by atoms with E-state index in [1.807, 2.05) is 32.2 Å². The molecule has 0 spiro atoms. The molecule has 0 aliphatic rings. The van der Waals surface area contributed by atoms with E-state index < -0.39 is 0 Å². The van der Waals surface area contributed by atoms with Gasteiger partial charge in [0.2, 0.25) is 0 Å². The van der Waals surface area contributed by atoms with Crippen molar-refractivity contribution in [3.8, 4) is 0 Å². The molecule has 0 radical (unpaired) electrons. The number of halogens is 1. The summed E-state index contributed by atoms with van der Waals surface area (Å²) in [6.07, 6.45) is 5.36. The van der Waals surface area contributed by atoms with E-state index in [0.717, 1.165) is 28.5 Å². The number of benzene rings is 1. The third kappa shape index (κ3) is 2.62. The Bertz CT molecular complexity index is 577. The Hall–Kier alpha value is -1.61. The molecule has 1 aromatic carbocycles. The van der Waals surface area contributed by atoms with E-state index in [0.29, 0.717) is 13.0 Å². The van der Waals surface area contributed by atoms with Gasteiger partial charge in [-0.2, -0.15) is 0 Å².